The van der Waals surface area contributed by atoms with Crippen LogP contribution in [0.5, 0.6) is 11.5 Å². The molecule has 5 heteroatoms. The Morgan fingerprint density at radius 2 is 1.95 bits per heavy atom. The number of nitrogens with one attached hydrogen (secondary N) is 1. The van der Waals surface area contributed by atoms with E-state index in [9.17, 15) is 4.79 Å². The summed E-state index contributed by atoms with van der Waals surface area (Å²) in [5.74, 6) is 1.48. The van der Waals surface area contributed by atoms with Gasteiger partial charge in [-0.15, -0.1) is 0 Å². The van der Waals surface area contributed by atoms with Crippen molar-refractivity contribution in [3.05, 3.63) is 23.9 Å². The Morgan fingerprint density at radius 3 is 2.57 bits per heavy atom. The third kappa shape index (κ3) is 1.87. The zero-order valence-electron chi connectivity index (χ0n) is 12.2. The maximum Gasteiger partial charge on any atom is 0.270 e. The van der Waals surface area contributed by atoms with E-state index in [1.165, 1.54) is 12.8 Å². The quantitative estimate of drug-likeness (QED) is 0.942. The number of ether oxygens (including phenoxy) is 2. The minimum Gasteiger partial charge on any atom is -0.497 e. The summed E-state index contributed by atoms with van der Waals surface area (Å²) in [5, 5.41) is 0.927. The molecule has 110 valence electrons. The number of hydrogen-bond donors (Lipinski definition) is 1. The lowest BCUT2D eigenvalue weighted by molar-refractivity contribution is 0.0438. The second kappa shape index (κ2) is 4.16. The van der Waals surface area contributed by atoms with E-state index in [0.29, 0.717) is 16.9 Å². The lowest BCUT2D eigenvalue weighted by atomic mass is 9.96. The van der Waals surface area contributed by atoms with Crippen LogP contribution in [-0.4, -0.2) is 43.1 Å². The van der Waals surface area contributed by atoms with Gasteiger partial charge in [-0.3, -0.25) is 4.79 Å². The van der Waals surface area contributed by atoms with Gasteiger partial charge in [-0.2, -0.15) is 0 Å². The lowest BCUT2D eigenvalue weighted by Crippen LogP contribution is -2.51. The fourth-order valence-corrected chi connectivity index (χ4v) is 3.15. The predicted octanol–water partition coefficient (Wildman–Crippen LogP) is 2.42. The summed E-state index contributed by atoms with van der Waals surface area (Å²) in [6.45, 7) is 1.81. The number of carbonyl (C=O) groups excluding carboxylic acids is 1. The molecule has 2 aliphatic rings. The van der Waals surface area contributed by atoms with Gasteiger partial charge in [0.2, 0.25) is 0 Å². The Labute approximate surface area is 122 Å². The zero-order valence-corrected chi connectivity index (χ0v) is 12.2. The minimum absolute atomic E-state index is 0.0738. The number of aromatic nitrogens is 1. The van der Waals surface area contributed by atoms with E-state index in [2.05, 4.69) is 4.98 Å². The number of rotatable bonds is 3. The molecule has 1 amide bonds. The molecule has 5 nitrogen and oxygen atoms in total. The average molecular weight is 286 g/mol. The number of fused-ring (bicyclic) bond motifs is 1. The van der Waals surface area contributed by atoms with Crippen LogP contribution in [0.15, 0.2) is 18.2 Å². The highest BCUT2D eigenvalue weighted by Gasteiger charge is 2.53. The van der Waals surface area contributed by atoms with Crippen LogP contribution in [0.1, 0.15) is 23.3 Å². The fraction of sp³-hybridized carbons (Fsp3) is 0.438. The zero-order chi connectivity index (χ0) is 14.6. The van der Waals surface area contributed by atoms with Crippen LogP contribution < -0.4 is 9.47 Å². The smallest absolute Gasteiger partial charge is 0.270 e. The molecule has 0 radical (unpaired) electrons. The fourth-order valence-electron chi connectivity index (χ4n) is 3.15. The van der Waals surface area contributed by atoms with Crippen molar-refractivity contribution in [2.24, 2.45) is 5.41 Å². The van der Waals surface area contributed by atoms with E-state index >= 15 is 0 Å². The highest BCUT2D eigenvalue weighted by molar-refractivity contribution is 6.00. The number of amides is 1. The Hall–Kier alpha value is -2.17. The van der Waals surface area contributed by atoms with E-state index < -0.39 is 0 Å². The maximum absolute atomic E-state index is 12.5. The summed E-state index contributed by atoms with van der Waals surface area (Å²) < 4.78 is 10.6. The van der Waals surface area contributed by atoms with Crippen molar-refractivity contribution in [3.63, 3.8) is 0 Å². The molecular formula is C16H18N2O3. The first-order valence-electron chi connectivity index (χ1n) is 7.18. The van der Waals surface area contributed by atoms with Crippen LogP contribution in [0.25, 0.3) is 10.9 Å². The summed E-state index contributed by atoms with van der Waals surface area (Å²) >= 11 is 0. The van der Waals surface area contributed by atoms with E-state index in [-0.39, 0.29) is 5.91 Å². The monoisotopic (exact) mass is 286 g/mol. The van der Waals surface area contributed by atoms with Gasteiger partial charge < -0.3 is 19.4 Å². The average Bonchev–Trinajstić information content (AvgIpc) is 3.15. The van der Waals surface area contributed by atoms with Crippen molar-refractivity contribution in [2.75, 3.05) is 27.3 Å². The number of benzene rings is 1. The number of H-pyrrole nitrogens is 1. The van der Waals surface area contributed by atoms with Gasteiger partial charge in [0, 0.05) is 30.0 Å². The van der Waals surface area contributed by atoms with Crippen molar-refractivity contribution in [1.82, 2.24) is 9.88 Å². The molecule has 1 aliphatic carbocycles. The van der Waals surface area contributed by atoms with E-state index in [1.54, 1.807) is 14.2 Å². The summed E-state index contributed by atoms with van der Waals surface area (Å²) in [6, 6.07) is 5.60. The number of likely N-dealkylation sites (tertiary alicyclic amines) is 1. The predicted molar refractivity (Wildman–Crippen MR) is 79.0 cm³/mol. The lowest BCUT2D eigenvalue weighted by Gasteiger charge is -2.39. The molecule has 2 aromatic rings. The molecule has 0 atom stereocenters. The minimum atomic E-state index is 0.0738. The number of methoxy groups -OCH3 is 2. The first-order valence-corrected chi connectivity index (χ1v) is 7.18. The molecular weight excluding hydrogens is 268 g/mol. The van der Waals surface area contributed by atoms with Crippen LogP contribution in [0.3, 0.4) is 0 Å². The van der Waals surface area contributed by atoms with Crippen molar-refractivity contribution < 1.29 is 14.3 Å². The van der Waals surface area contributed by atoms with Gasteiger partial charge in [-0.1, -0.05) is 0 Å². The molecule has 21 heavy (non-hydrogen) atoms. The van der Waals surface area contributed by atoms with E-state index in [4.69, 9.17) is 9.47 Å². The summed E-state index contributed by atoms with van der Waals surface area (Å²) in [4.78, 5) is 17.6. The standard InChI is InChI=1S/C16H18N2O3/c1-20-11-5-10-6-12(17-14(10)13(7-11)21-2)15(19)18-8-16(9-18)3-4-16/h5-7,17H,3-4,8-9H2,1-2H3. The normalized spacial score (nSPS) is 18.7. The molecule has 2 fully saturated rings. The van der Waals surface area contributed by atoms with Gasteiger partial charge >= 0.3 is 0 Å². The van der Waals surface area contributed by atoms with Crippen molar-refractivity contribution in [1.29, 1.82) is 0 Å². The van der Waals surface area contributed by atoms with Crippen molar-refractivity contribution in [3.8, 4) is 11.5 Å². The second-order valence-electron chi connectivity index (χ2n) is 6.14. The summed E-state index contributed by atoms with van der Waals surface area (Å²) in [7, 11) is 3.23. The van der Waals surface area contributed by atoms with Gasteiger partial charge in [0.05, 0.1) is 19.7 Å². The van der Waals surface area contributed by atoms with E-state index in [0.717, 1.165) is 29.7 Å². The van der Waals surface area contributed by atoms with Crippen molar-refractivity contribution in [2.45, 2.75) is 12.8 Å². The topological polar surface area (TPSA) is 54.6 Å². The van der Waals surface area contributed by atoms with Crippen LogP contribution in [0, 0.1) is 5.41 Å². The third-order valence-corrected chi connectivity index (χ3v) is 4.65. The third-order valence-electron chi connectivity index (χ3n) is 4.65. The van der Waals surface area contributed by atoms with Gasteiger partial charge in [-0.25, -0.2) is 0 Å². The molecule has 1 spiro atoms. The first kappa shape index (κ1) is 12.6. The SMILES string of the molecule is COc1cc(OC)c2[nH]c(C(=O)N3CC4(CC4)C3)cc2c1. The van der Waals surface area contributed by atoms with Crippen LogP contribution in [-0.2, 0) is 0 Å². The highest BCUT2D eigenvalue weighted by atomic mass is 16.5. The van der Waals surface area contributed by atoms with E-state index in [1.807, 2.05) is 23.1 Å². The van der Waals surface area contributed by atoms with Crippen LogP contribution in [0.4, 0.5) is 0 Å². The van der Waals surface area contributed by atoms with Gasteiger partial charge in [0.1, 0.15) is 17.2 Å². The Balaban J connectivity index is 1.68. The molecule has 1 saturated heterocycles. The van der Waals surface area contributed by atoms with Gasteiger partial charge in [0.25, 0.3) is 5.91 Å². The molecule has 1 aromatic carbocycles. The first-order chi connectivity index (χ1) is 10.1. The van der Waals surface area contributed by atoms with Crippen LogP contribution in [0.2, 0.25) is 0 Å². The van der Waals surface area contributed by atoms with Gasteiger partial charge in [0.15, 0.2) is 0 Å². The summed E-state index contributed by atoms with van der Waals surface area (Å²) in [6.07, 6.45) is 2.54. The summed E-state index contributed by atoms with van der Waals surface area (Å²) in [5.41, 5.74) is 1.93. The molecule has 1 N–H and O–H groups in total. The molecule has 2 heterocycles. The van der Waals surface area contributed by atoms with Crippen LogP contribution >= 0.6 is 0 Å². The molecule has 4 rings (SSSR count). The highest BCUT2D eigenvalue weighted by Crippen LogP contribution is 2.53. The Morgan fingerprint density at radius 1 is 1.19 bits per heavy atom. The van der Waals surface area contributed by atoms with Crippen molar-refractivity contribution >= 4 is 16.8 Å². The molecule has 0 bridgehead atoms. The number of hydrogen-bond acceptors (Lipinski definition) is 3. The largest absolute Gasteiger partial charge is 0.497 e. The second-order valence-corrected chi connectivity index (χ2v) is 6.14. The number of aromatic amines is 1. The molecule has 0 unspecified atom stereocenters. The van der Waals surface area contributed by atoms with Gasteiger partial charge in [-0.05, 0) is 25.0 Å². The molecule has 1 aliphatic heterocycles. The maximum atomic E-state index is 12.5. The number of nitrogens with zero attached hydrogens (tertiary/aromatic N) is 1. The molecule has 1 saturated carbocycles. The Kier molecular flexibility index (Phi) is 2.49. The molecule has 1 aromatic heterocycles. The number of carbonyl (C=O) groups is 1. The Bertz CT molecular complexity index is 722.